The minimum absolute atomic E-state index is 0.105. The third-order valence-electron chi connectivity index (χ3n) is 6.38. The molecule has 0 saturated carbocycles. The van der Waals surface area contributed by atoms with Gasteiger partial charge in [0.25, 0.3) is 15.9 Å². The van der Waals surface area contributed by atoms with Gasteiger partial charge in [0, 0.05) is 25.5 Å². The quantitative estimate of drug-likeness (QED) is 0.223. The minimum Gasteiger partial charge on any atom is -0.493 e. The Kier molecular flexibility index (Phi) is 10.8. The van der Waals surface area contributed by atoms with Crippen molar-refractivity contribution in [2.75, 3.05) is 61.6 Å². The van der Waals surface area contributed by atoms with E-state index in [1.54, 1.807) is 55.6 Å². The smallest absolute Gasteiger partial charge is 0.412 e. The molecule has 16 heteroatoms. The van der Waals surface area contributed by atoms with E-state index in [0.29, 0.717) is 37.7 Å². The minimum atomic E-state index is -4.24. The second-order valence-electron chi connectivity index (χ2n) is 9.72. The molecular formula is C31H31N7O8S. The Morgan fingerprint density at radius 3 is 2.51 bits per heavy atom. The van der Waals surface area contributed by atoms with Gasteiger partial charge in [0.15, 0.2) is 35.6 Å². The van der Waals surface area contributed by atoms with Crippen molar-refractivity contribution >= 4 is 33.6 Å². The molecule has 4 heterocycles. The Morgan fingerprint density at radius 2 is 1.79 bits per heavy atom. The van der Waals surface area contributed by atoms with Crippen molar-refractivity contribution < 1.29 is 36.9 Å². The Hall–Kier alpha value is -5.66. The van der Waals surface area contributed by atoms with Crippen LogP contribution in [0.4, 0.5) is 22.2 Å². The number of aromatic nitrogens is 4. The molecule has 3 aromatic heterocycles. The summed E-state index contributed by atoms with van der Waals surface area (Å²) in [5.74, 6) is 5.78. The number of benzene rings is 1. The number of para-hydroxylation sites is 2. The average molecular weight is 662 g/mol. The van der Waals surface area contributed by atoms with Crippen LogP contribution in [-0.4, -0.2) is 81.1 Å². The molecule has 5 rings (SSSR count). The second-order valence-corrected chi connectivity index (χ2v) is 11.4. The molecule has 1 aromatic carbocycles. The normalized spacial score (nSPS) is 12.7. The van der Waals surface area contributed by atoms with E-state index >= 15 is 0 Å². The van der Waals surface area contributed by atoms with Gasteiger partial charge in [-0.25, -0.2) is 9.78 Å². The Morgan fingerprint density at radius 1 is 1.00 bits per heavy atom. The van der Waals surface area contributed by atoms with Gasteiger partial charge in [-0.1, -0.05) is 30.0 Å². The number of amides is 1. The van der Waals surface area contributed by atoms with Crippen molar-refractivity contribution in [3.63, 3.8) is 0 Å². The van der Waals surface area contributed by atoms with E-state index in [-0.39, 0.29) is 47.4 Å². The zero-order valence-corrected chi connectivity index (χ0v) is 26.3. The molecule has 0 bridgehead atoms. The molecule has 0 unspecified atom stereocenters. The monoisotopic (exact) mass is 661 g/mol. The molecule has 1 saturated heterocycles. The van der Waals surface area contributed by atoms with Crippen molar-refractivity contribution in [1.82, 2.24) is 19.9 Å². The fourth-order valence-corrected chi connectivity index (χ4v) is 5.02. The number of ether oxygens (including phenoxy) is 5. The van der Waals surface area contributed by atoms with Crippen LogP contribution in [0.2, 0.25) is 0 Å². The first kappa shape index (κ1) is 32.7. The number of methoxy groups -OCH3 is 1. The first-order chi connectivity index (χ1) is 22.8. The van der Waals surface area contributed by atoms with Crippen LogP contribution in [0.1, 0.15) is 5.56 Å². The molecular weight excluding hydrogens is 630 g/mol. The summed E-state index contributed by atoms with van der Waals surface area (Å²) in [6.07, 6.45) is 3.80. The summed E-state index contributed by atoms with van der Waals surface area (Å²) in [7, 11) is -2.76. The van der Waals surface area contributed by atoms with E-state index < -0.39 is 16.1 Å². The highest BCUT2D eigenvalue weighted by atomic mass is 32.2. The van der Waals surface area contributed by atoms with Crippen molar-refractivity contribution in [2.24, 2.45) is 0 Å². The van der Waals surface area contributed by atoms with Gasteiger partial charge in [-0.2, -0.15) is 18.4 Å². The summed E-state index contributed by atoms with van der Waals surface area (Å²) in [5, 5.41) is 2.31. The van der Waals surface area contributed by atoms with E-state index in [9.17, 15) is 13.2 Å². The maximum atomic E-state index is 13.5. The third kappa shape index (κ3) is 8.96. The summed E-state index contributed by atoms with van der Waals surface area (Å²) in [6.45, 7) is 3.11. The fourth-order valence-electron chi connectivity index (χ4n) is 4.09. The molecule has 1 amide bonds. The van der Waals surface area contributed by atoms with Gasteiger partial charge >= 0.3 is 6.09 Å². The summed E-state index contributed by atoms with van der Waals surface area (Å²) < 4.78 is 57.5. The topological polar surface area (TPSA) is 176 Å². The zero-order chi connectivity index (χ0) is 33.1. The van der Waals surface area contributed by atoms with Crippen molar-refractivity contribution in [3.05, 3.63) is 72.7 Å². The van der Waals surface area contributed by atoms with Gasteiger partial charge in [0.2, 0.25) is 11.7 Å². The summed E-state index contributed by atoms with van der Waals surface area (Å²) in [6, 6.07) is 13.1. The predicted molar refractivity (Wildman–Crippen MR) is 170 cm³/mol. The number of sulfonamides is 1. The van der Waals surface area contributed by atoms with Gasteiger partial charge in [-0.3, -0.25) is 15.0 Å². The number of hydrogen-bond acceptors (Lipinski definition) is 13. The zero-order valence-electron chi connectivity index (χ0n) is 25.5. The SMILES string of the molecule is COc1ccccc1Oc1c(NS(=O)(=O)c2ccc(C)cn2)nc(N2CCOCC2)nc1OCC#CCOC(=O)Nc1cccnc1. The van der Waals surface area contributed by atoms with Gasteiger partial charge < -0.3 is 28.6 Å². The van der Waals surface area contributed by atoms with Gasteiger partial charge in [0.05, 0.1) is 32.2 Å². The summed E-state index contributed by atoms with van der Waals surface area (Å²) >= 11 is 0. The number of aryl methyl sites for hydroxylation is 1. The lowest BCUT2D eigenvalue weighted by Gasteiger charge is -2.28. The van der Waals surface area contributed by atoms with E-state index in [2.05, 4.69) is 41.8 Å². The molecule has 0 spiro atoms. The highest BCUT2D eigenvalue weighted by Crippen LogP contribution is 2.41. The summed E-state index contributed by atoms with van der Waals surface area (Å²) in [5.41, 5.74) is 1.26. The number of pyridine rings is 2. The van der Waals surface area contributed by atoms with Gasteiger partial charge in [-0.15, -0.1) is 0 Å². The van der Waals surface area contributed by atoms with Crippen LogP contribution >= 0.6 is 0 Å². The molecule has 4 aromatic rings. The number of rotatable bonds is 11. The second kappa shape index (κ2) is 15.6. The summed E-state index contributed by atoms with van der Waals surface area (Å²) in [4.78, 5) is 30.9. The fraction of sp³-hybridized carbons (Fsp3) is 0.258. The predicted octanol–water partition coefficient (Wildman–Crippen LogP) is 3.64. The standard InChI is InChI=1S/C31H31N7O8S/c1-22-11-12-26(33-20-22)47(40,41)37-28-27(46-25-10-4-3-9-24(25)42-2)29(36-30(35-28)38-14-18-43-19-15-38)44-16-5-6-17-45-31(39)34-23-8-7-13-32-21-23/h3-4,7-13,20-21H,14-19H2,1-2H3,(H,34,39)(H,35,36,37). The maximum absolute atomic E-state index is 13.5. The first-order valence-corrected chi connectivity index (χ1v) is 15.7. The van der Waals surface area contributed by atoms with E-state index in [0.717, 1.165) is 5.56 Å². The van der Waals surface area contributed by atoms with E-state index in [1.807, 2.05) is 4.90 Å². The van der Waals surface area contributed by atoms with Crippen LogP contribution in [0, 0.1) is 18.8 Å². The van der Waals surface area contributed by atoms with Crippen LogP contribution in [0.3, 0.4) is 0 Å². The molecule has 1 aliphatic rings. The molecule has 1 aliphatic heterocycles. The van der Waals surface area contributed by atoms with E-state index in [4.69, 9.17) is 23.7 Å². The maximum Gasteiger partial charge on any atom is 0.412 e. The van der Waals surface area contributed by atoms with Crippen LogP contribution in [-0.2, 0) is 19.5 Å². The van der Waals surface area contributed by atoms with Gasteiger partial charge in [-0.05, 0) is 42.8 Å². The largest absolute Gasteiger partial charge is 0.493 e. The number of carbonyl (C=O) groups is 1. The average Bonchev–Trinajstić information content (AvgIpc) is 3.08. The number of nitrogens with one attached hydrogen (secondary N) is 2. The number of anilines is 3. The highest BCUT2D eigenvalue weighted by Gasteiger charge is 2.27. The lowest BCUT2D eigenvalue weighted by molar-refractivity contribution is 0.122. The van der Waals surface area contributed by atoms with Crippen LogP contribution in [0.15, 0.2) is 72.1 Å². The third-order valence-corrected chi connectivity index (χ3v) is 7.63. The molecule has 0 aliphatic carbocycles. The highest BCUT2D eigenvalue weighted by molar-refractivity contribution is 7.92. The number of morpholine rings is 1. The lowest BCUT2D eigenvalue weighted by atomic mass is 10.3. The molecule has 1 fully saturated rings. The molecule has 244 valence electrons. The number of nitrogens with zero attached hydrogens (tertiary/aromatic N) is 5. The van der Waals surface area contributed by atoms with Crippen LogP contribution in [0.25, 0.3) is 0 Å². The number of carbonyl (C=O) groups excluding carboxylic acids is 1. The van der Waals surface area contributed by atoms with Crippen molar-refractivity contribution in [2.45, 2.75) is 11.9 Å². The lowest BCUT2D eigenvalue weighted by Crippen LogP contribution is -2.37. The number of hydrogen-bond donors (Lipinski definition) is 2. The van der Waals surface area contributed by atoms with Crippen LogP contribution in [0.5, 0.6) is 23.1 Å². The Balaban J connectivity index is 1.44. The van der Waals surface area contributed by atoms with Crippen molar-refractivity contribution in [1.29, 1.82) is 0 Å². The molecule has 0 radical (unpaired) electrons. The van der Waals surface area contributed by atoms with Gasteiger partial charge in [0.1, 0.15) is 0 Å². The molecule has 0 atom stereocenters. The van der Waals surface area contributed by atoms with E-state index in [1.165, 1.54) is 25.6 Å². The first-order valence-electron chi connectivity index (χ1n) is 14.3. The molecule has 2 N–H and O–H groups in total. The Bertz CT molecular complexity index is 1840. The Labute approximate surface area is 271 Å². The van der Waals surface area contributed by atoms with Crippen LogP contribution < -0.4 is 29.1 Å². The van der Waals surface area contributed by atoms with Crippen molar-refractivity contribution in [3.8, 4) is 35.0 Å². The molecule has 15 nitrogen and oxygen atoms in total. The molecule has 47 heavy (non-hydrogen) atoms.